The molecule has 2 aliphatic heterocycles. The average Bonchev–Trinajstić information content (AvgIpc) is 3.33. The zero-order valence-electron chi connectivity index (χ0n) is 18.3. The van der Waals surface area contributed by atoms with Gasteiger partial charge in [-0.3, -0.25) is 4.90 Å². The minimum Gasteiger partial charge on any atom is -0.410 e. The molecule has 166 valence electrons. The van der Waals surface area contributed by atoms with Gasteiger partial charge in [-0.05, 0) is 96.9 Å². The number of piperidine rings is 1. The first-order chi connectivity index (χ1) is 15.6. The molecule has 4 nitrogen and oxygen atoms in total. The zero-order valence-corrected chi connectivity index (χ0v) is 18.3. The van der Waals surface area contributed by atoms with Crippen LogP contribution in [0, 0.1) is 5.82 Å². The van der Waals surface area contributed by atoms with Crippen molar-refractivity contribution in [2.24, 2.45) is 0 Å². The van der Waals surface area contributed by atoms with Crippen molar-refractivity contribution in [1.82, 2.24) is 9.80 Å². The molecule has 0 saturated carbocycles. The largest absolute Gasteiger partial charge is 0.415 e. The lowest BCUT2D eigenvalue weighted by Gasteiger charge is -2.31. The van der Waals surface area contributed by atoms with Gasteiger partial charge >= 0.3 is 6.09 Å². The van der Waals surface area contributed by atoms with Crippen LogP contribution < -0.4 is 4.74 Å². The molecular formula is C27H29FN2O2. The van der Waals surface area contributed by atoms with Crippen LogP contribution in [0.4, 0.5) is 9.18 Å². The van der Waals surface area contributed by atoms with E-state index >= 15 is 0 Å². The molecule has 0 aromatic heterocycles. The van der Waals surface area contributed by atoms with Gasteiger partial charge < -0.3 is 9.64 Å². The fourth-order valence-corrected chi connectivity index (χ4v) is 4.93. The molecule has 0 aliphatic carbocycles. The fraction of sp³-hybridized carbons (Fsp3) is 0.370. The fourth-order valence-electron chi connectivity index (χ4n) is 4.93. The molecule has 2 saturated heterocycles. The Morgan fingerprint density at radius 3 is 2.31 bits per heavy atom. The molecule has 0 unspecified atom stereocenters. The van der Waals surface area contributed by atoms with Crippen molar-refractivity contribution in [2.45, 2.75) is 38.1 Å². The van der Waals surface area contributed by atoms with E-state index in [1.54, 1.807) is 4.90 Å². The van der Waals surface area contributed by atoms with Gasteiger partial charge in [0.1, 0.15) is 11.6 Å². The summed E-state index contributed by atoms with van der Waals surface area (Å²) < 4.78 is 18.8. The van der Waals surface area contributed by atoms with E-state index in [-0.39, 0.29) is 11.9 Å². The highest BCUT2D eigenvalue weighted by Gasteiger charge is 2.25. The molecule has 3 aromatic rings. The van der Waals surface area contributed by atoms with E-state index in [2.05, 4.69) is 23.1 Å². The summed E-state index contributed by atoms with van der Waals surface area (Å²) in [6.45, 7) is 4.67. The van der Waals surface area contributed by atoms with Crippen LogP contribution in [-0.2, 0) is 6.54 Å². The van der Waals surface area contributed by atoms with E-state index in [9.17, 15) is 9.18 Å². The monoisotopic (exact) mass is 432 g/mol. The smallest absolute Gasteiger partial charge is 0.410 e. The lowest BCUT2D eigenvalue weighted by atomic mass is 9.89. The van der Waals surface area contributed by atoms with Crippen LogP contribution in [0.3, 0.4) is 0 Å². The van der Waals surface area contributed by atoms with Crippen LogP contribution in [-0.4, -0.2) is 42.1 Å². The molecule has 0 radical (unpaired) electrons. The van der Waals surface area contributed by atoms with E-state index in [0.29, 0.717) is 24.8 Å². The van der Waals surface area contributed by atoms with Crippen LogP contribution in [0.5, 0.6) is 5.75 Å². The number of likely N-dealkylation sites (tertiary alicyclic amines) is 2. The first-order valence-corrected chi connectivity index (χ1v) is 11.6. The number of carbonyl (C=O) groups is 1. The van der Waals surface area contributed by atoms with Crippen LogP contribution in [0.15, 0.2) is 60.7 Å². The Hall–Kier alpha value is -2.92. The van der Waals surface area contributed by atoms with Crippen LogP contribution in [0.2, 0.25) is 0 Å². The summed E-state index contributed by atoms with van der Waals surface area (Å²) in [6.07, 6.45) is 4.02. The second kappa shape index (κ2) is 9.29. The van der Waals surface area contributed by atoms with E-state index in [4.69, 9.17) is 4.74 Å². The first kappa shape index (κ1) is 21.0. The number of halogens is 1. The lowest BCUT2D eigenvalue weighted by Crippen LogP contribution is -2.39. The van der Waals surface area contributed by atoms with Crippen molar-refractivity contribution in [1.29, 1.82) is 0 Å². The third-order valence-electron chi connectivity index (χ3n) is 6.78. The van der Waals surface area contributed by atoms with Crippen LogP contribution in [0.25, 0.3) is 10.8 Å². The number of hydrogen-bond donors (Lipinski definition) is 0. The number of carbonyl (C=O) groups excluding carboxylic acids is 1. The van der Waals surface area contributed by atoms with Gasteiger partial charge in [-0.1, -0.05) is 30.3 Å². The molecule has 0 spiro atoms. The number of amides is 1. The van der Waals surface area contributed by atoms with Gasteiger partial charge in [-0.25, -0.2) is 9.18 Å². The quantitative estimate of drug-likeness (QED) is 0.510. The van der Waals surface area contributed by atoms with Gasteiger partial charge in [0.25, 0.3) is 0 Å². The van der Waals surface area contributed by atoms with Crippen molar-refractivity contribution in [2.75, 3.05) is 26.2 Å². The van der Waals surface area contributed by atoms with Crippen molar-refractivity contribution in [3.8, 4) is 5.75 Å². The number of rotatable bonds is 4. The molecule has 1 amide bonds. The van der Waals surface area contributed by atoms with Crippen LogP contribution in [0.1, 0.15) is 42.7 Å². The summed E-state index contributed by atoms with van der Waals surface area (Å²) in [5, 5.41) is 2.25. The van der Waals surface area contributed by atoms with Crippen molar-refractivity contribution in [3.63, 3.8) is 0 Å². The highest BCUT2D eigenvalue weighted by Crippen LogP contribution is 2.29. The van der Waals surface area contributed by atoms with Gasteiger partial charge in [0.2, 0.25) is 0 Å². The normalized spacial score (nSPS) is 17.7. The minimum atomic E-state index is -0.299. The first-order valence-electron chi connectivity index (χ1n) is 11.6. The second-order valence-corrected chi connectivity index (χ2v) is 9.01. The van der Waals surface area contributed by atoms with Crippen molar-refractivity contribution >= 4 is 16.9 Å². The van der Waals surface area contributed by atoms with E-state index in [0.717, 1.165) is 30.3 Å². The summed E-state index contributed by atoms with van der Waals surface area (Å²) in [5.74, 6) is 0.721. The summed E-state index contributed by atoms with van der Waals surface area (Å²) in [6, 6.07) is 19.1. The number of ether oxygens (including phenoxy) is 1. The molecule has 5 rings (SSSR count). The number of fused-ring (bicyclic) bond motifs is 1. The van der Waals surface area contributed by atoms with Gasteiger partial charge in [-0.15, -0.1) is 0 Å². The van der Waals surface area contributed by atoms with Crippen molar-refractivity contribution < 1.29 is 13.9 Å². The summed E-state index contributed by atoms with van der Waals surface area (Å²) >= 11 is 0. The molecule has 0 N–H and O–H groups in total. The summed E-state index contributed by atoms with van der Waals surface area (Å²) in [4.78, 5) is 17.0. The molecule has 3 aromatic carbocycles. The predicted molar refractivity (Wildman–Crippen MR) is 124 cm³/mol. The third kappa shape index (κ3) is 4.78. The summed E-state index contributed by atoms with van der Waals surface area (Å²) in [5.41, 5.74) is 2.46. The molecule has 0 atom stereocenters. The zero-order chi connectivity index (χ0) is 21.9. The molecule has 32 heavy (non-hydrogen) atoms. The minimum absolute atomic E-state index is 0.215. The molecule has 5 heteroatoms. The summed E-state index contributed by atoms with van der Waals surface area (Å²) in [7, 11) is 0. The lowest BCUT2D eigenvalue weighted by molar-refractivity contribution is 0.139. The van der Waals surface area contributed by atoms with Crippen LogP contribution >= 0.6 is 0 Å². The molecule has 2 fully saturated rings. The predicted octanol–water partition coefficient (Wildman–Crippen LogP) is 5.95. The third-order valence-corrected chi connectivity index (χ3v) is 6.78. The molecule has 0 bridgehead atoms. The maximum Gasteiger partial charge on any atom is 0.415 e. The number of benzene rings is 3. The Morgan fingerprint density at radius 1 is 0.875 bits per heavy atom. The average molecular weight is 433 g/mol. The highest BCUT2D eigenvalue weighted by atomic mass is 19.1. The van der Waals surface area contributed by atoms with E-state index < -0.39 is 0 Å². The highest BCUT2D eigenvalue weighted by molar-refractivity contribution is 5.85. The Kier molecular flexibility index (Phi) is 6.08. The Morgan fingerprint density at radius 2 is 1.56 bits per heavy atom. The van der Waals surface area contributed by atoms with Gasteiger partial charge in [0.15, 0.2) is 0 Å². The standard InChI is InChI=1S/C27H29FN2O2/c28-25-8-5-21(6-9-25)22-11-15-30(16-12-22)27(31)32-26-10-7-23-17-20(3-4-24(23)18-26)19-29-13-1-2-14-29/h3-10,17-18,22H,1-2,11-16,19H2. The Balaban J connectivity index is 1.18. The van der Waals surface area contributed by atoms with E-state index in [1.807, 2.05) is 30.3 Å². The molecular weight excluding hydrogens is 403 g/mol. The van der Waals surface area contributed by atoms with Crippen molar-refractivity contribution in [3.05, 3.63) is 77.6 Å². The SMILES string of the molecule is O=C(Oc1ccc2cc(CN3CCCC3)ccc2c1)N1CCC(c2ccc(F)cc2)CC1. The maximum absolute atomic E-state index is 13.2. The second-order valence-electron chi connectivity index (χ2n) is 9.01. The Labute approximate surface area is 188 Å². The number of hydrogen-bond acceptors (Lipinski definition) is 3. The van der Waals surface area contributed by atoms with Gasteiger partial charge in [0.05, 0.1) is 0 Å². The topological polar surface area (TPSA) is 32.8 Å². The van der Waals surface area contributed by atoms with E-state index in [1.165, 1.54) is 49.0 Å². The number of nitrogens with zero attached hydrogens (tertiary/aromatic N) is 2. The van der Waals surface area contributed by atoms with Gasteiger partial charge in [-0.2, -0.15) is 0 Å². The maximum atomic E-state index is 13.2. The van der Waals surface area contributed by atoms with Gasteiger partial charge in [0, 0.05) is 19.6 Å². The molecule has 2 aliphatic rings. The molecule has 2 heterocycles. The Bertz CT molecular complexity index is 1080.